The third-order valence-corrected chi connectivity index (χ3v) is 2.56. The largest absolute Gasteiger partial charge is 0.397 e. The van der Waals surface area contributed by atoms with Crippen LogP contribution in [0.3, 0.4) is 0 Å². The van der Waals surface area contributed by atoms with E-state index in [-0.39, 0.29) is 0 Å². The van der Waals surface area contributed by atoms with Crippen LogP contribution >= 0.6 is 8.58 Å². The van der Waals surface area contributed by atoms with Crippen molar-refractivity contribution in [1.82, 2.24) is 0 Å². The number of rotatable bonds is 4. The van der Waals surface area contributed by atoms with Crippen LogP contribution < -0.4 is 0 Å². The van der Waals surface area contributed by atoms with E-state index in [0.717, 1.165) is 6.16 Å². The Balaban J connectivity index is 3.69. The Morgan fingerprint density at radius 2 is 2.20 bits per heavy atom. The van der Waals surface area contributed by atoms with Crippen LogP contribution in [0.15, 0.2) is 0 Å². The van der Waals surface area contributed by atoms with Gasteiger partial charge in [0, 0.05) is 0 Å². The normalized spacial score (nSPS) is 16.3. The molecule has 2 unspecified atom stereocenters. The molecule has 6 heteroatoms. The molecule has 10 heavy (non-hydrogen) atoms. The average Bonchev–Trinajstić information content (AvgIpc) is 1.59. The first-order valence-corrected chi connectivity index (χ1v) is 5.49. The molecule has 0 aliphatic heterocycles. The van der Waals surface area contributed by atoms with Crippen molar-refractivity contribution in [2.24, 2.45) is 0 Å². The molecule has 0 aliphatic carbocycles. The molecule has 0 saturated heterocycles. The fourth-order valence-corrected chi connectivity index (χ4v) is 2.08. The summed E-state index contributed by atoms with van der Waals surface area (Å²) < 4.78 is 32.5. The summed E-state index contributed by atoms with van der Waals surface area (Å²) in [5.41, 5.74) is 0. The van der Waals surface area contributed by atoms with Crippen LogP contribution in [-0.4, -0.2) is 25.0 Å². The third kappa shape index (κ3) is 6.42. The topological polar surface area (TPSA) is 63.6 Å². The second kappa shape index (κ2) is 4.23. The van der Waals surface area contributed by atoms with E-state index in [1.165, 1.54) is 0 Å². The molecule has 0 radical (unpaired) electrons. The minimum Gasteiger partial charge on any atom is -0.264 e. The van der Waals surface area contributed by atoms with Crippen molar-refractivity contribution in [1.29, 1.82) is 0 Å². The van der Waals surface area contributed by atoms with Gasteiger partial charge in [-0.2, -0.15) is 8.42 Å². The molecule has 0 amide bonds. The standard InChI is InChI=1S/C4H11O4PS/c1-3-9-4(2)8-10(5,6)7/h4,9H,3H2,1-2H3,(H,5,6,7). The fourth-order valence-electron chi connectivity index (χ4n) is 0.504. The Labute approximate surface area is 62.7 Å². The maximum absolute atomic E-state index is 10.1. The van der Waals surface area contributed by atoms with Crippen LogP contribution in [-0.2, 0) is 14.6 Å². The van der Waals surface area contributed by atoms with E-state index in [2.05, 4.69) is 4.18 Å². The number of hydrogen-bond donors (Lipinski definition) is 1. The highest BCUT2D eigenvalue weighted by Gasteiger charge is 2.10. The van der Waals surface area contributed by atoms with Crippen LogP contribution in [0.2, 0.25) is 0 Å². The smallest absolute Gasteiger partial charge is 0.264 e. The molecule has 0 aromatic carbocycles. The Morgan fingerprint density at radius 1 is 1.70 bits per heavy atom. The molecule has 4 nitrogen and oxygen atoms in total. The second-order valence-corrected chi connectivity index (χ2v) is 4.70. The highest BCUT2D eigenvalue weighted by atomic mass is 32.3. The summed E-state index contributed by atoms with van der Waals surface area (Å²) in [6.07, 6.45) is 0.858. The molecule has 0 aromatic heterocycles. The summed E-state index contributed by atoms with van der Waals surface area (Å²) in [5.74, 6) is -0.403. The predicted molar refractivity (Wildman–Crippen MR) is 41.0 cm³/mol. The van der Waals surface area contributed by atoms with E-state index in [9.17, 15) is 8.42 Å². The molecule has 62 valence electrons. The molecule has 0 saturated carbocycles. The fraction of sp³-hybridized carbons (Fsp3) is 1.00. The van der Waals surface area contributed by atoms with Crippen molar-refractivity contribution in [3.8, 4) is 0 Å². The highest BCUT2D eigenvalue weighted by molar-refractivity contribution is 7.81. The summed E-state index contributed by atoms with van der Waals surface area (Å²) in [5, 5.41) is 0. The molecule has 0 heterocycles. The van der Waals surface area contributed by atoms with E-state index in [4.69, 9.17) is 4.55 Å². The summed E-state index contributed by atoms with van der Waals surface area (Å²) in [6, 6.07) is 0. The number of hydrogen-bond acceptors (Lipinski definition) is 3. The van der Waals surface area contributed by atoms with E-state index in [1.807, 2.05) is 6.92 Å². The van der Waals surface area contributed by atoms with Gasteiger partial charge in [0.1, 0.15) is 0 Å². The molecule has 0 aromatic rings. The van der Waals surface area contributed by atoms with Crippen LogP contribution in [0.25, 0.3) is 0 Å². The van der Waals surface area contributed by atoms with Crippen molar-refractivity contribution >= 4 is 19.0 Å². The quantitative estimate of drug-likeness (QED) is 0.522. The summed E-state index contributed by atoms with van der Waals surface area (Å²) in [6.45, 7) is 3.53. The van der Waals surface area contributed by atoms with Crippen LogP contribution in [0.4, 0.5) is 0 Å². The van der Waals surface area contributed by atoms with Gasteiger partial charge in [0.15, 0.2) is 0 Å². The molecular weight excluding hydrogens is 175 g/mol. The van der Waals surface area contributed by atoms with Gasteiger partial charge in [0.05, 0.1) is 5.85 Å². The Morgan fingerprint density at radius 3 is 2.50 bits per heavy atom. The first-order chi connectivity index (χ1) is 4.45. The summed E-state index contributed by atoms with van der Waals surface area (Å²) >= 11 is 0. The van der Waals surface area contributed by atoms with Crippen LogP contribution in [0, 0.1) is 0 Å². The molecule has 0 aliphatic rings. The van der Waals surface area contributed by atoms with Gasteiger partial charge in [0.2, 0.25) is 0 Å². The maximum Gasteiger partial charge on any atom is 0.397 e. The van der Waals surface area contributed by atoms with Crippen molar-refractivity contribution in [2.75, 3.05) is 6.16 Å². The average molecular weight is 186 g/mol. The van der Waals surface area contributed by atoms with E-state index in [0.29, 0.717) is 8.58 Å². The first kappa shape index (κ1) is 10.3. The van der Waals surface area contributed by atoms with Gasteiger partial charge in [-0.1, -0.05) is 15.5 Å². The highest BCUT2D eigenvalue weighted by Crippen LogP contribution is 2.19. The van der Waals surface area contributed by atoms with Crippen molar-refractivity contribution in [3.63, 3.8) is 0 Å². The monoisotopic (exact) mass is 186 g/mol. The SMILES string of the molecule is CCPC(C)OS(=O)(=O)O. The van der Waals surface area contributed by atoms with Gasteiger partial charge < -0.3 is 0 Å². The van der Waals surface area contributed by atoms with Crippen LogP contribution in [0.1, 0.15) is 13.8 Å². The van der Waals surface area contributed by atoms with Gasteiger partial charge in [-0.05, 0) is 13.1 Å². The molecule has 0 fully saturated rings. The second-order valence-electron chi connectivity index (χ2n) is 1.72. The predicted octanol–water partition coefficient (Wildman–Crippen LogP) is 0.850. The van der Waals surface area contributed by atoms with E-state index >= 15 is 0 Å². The molecule has 0 rings (SSSR count). The van der Waals surface area contributed by atoms with Gasteiger partial charge >= 0.3 is 10.4 Å². The molecule has 2 atom stereocenters. The zero-order valence-corrected chi connectivity index (χ0v) is 7.68. The Kier molecular flexibility index (Phi) is 4.36. The lowest BCUT2D eigenvalue weighted by atomic mass is 10.9. The molecule has 0 spiro atoms. The Hall–Kier alpha value is 0.300. The third-order valence-electron chi connectivity index (χ3n) is 0.758. The molecular formula is C4H11O4PS. The van der Waals surface area contributed by atoms with Gasteiger partial charge in [-0.25, -0.2) is 4.18 Å². The van der Waals surface area contributed by atoms with Crippen molar-refractivity contribution < 1.29 is 17.2 Å². The molecule has 0 bridgehead atoms. The van der Waals surface area contributed by atoms with Gasteiger partial charge in [0.25, 0.3) is 0 Å². The van der Waals surface area contributed by atoms with Gasteiger partial charge in [-0.3, -0.25) is 4.55 Å². The Bertz CT molecular complexity index is 176. The zero-order chi connectivity index (χ0) is 8.20. The van der Waals surface area contributed by atoms with E-state index in [1.54, 1.807) is 6.92 Å². The minimum absolute atomic E-state index is 0.401. The minimum atomic E-state index is -4.24. The maximum atomic E-state index is 10.1. The zero-order valence-electron chi connectivity index (χ0n) is 5.86. The molecule has 1 N–H and O–H groups in total. The van der Waals surface area contributed by atoms with Gasteiger partial charge in [-0.15, -0.1) is 0 Å². The van der Waals surface area contributed by atoms with Crippen LogP contribution in [0.5, 0.6) is 0 Å². The summed E-state index contributed by atoms with van der Waals surface area (Å²) in [4.78, 5) is 0. The van der Waals surface area contributed by atoms with Crippen molar-refractivity contribution in [3.05, 3.63) is 0 Å². The lowest BCUT2D eigenvalue weighted by Crippen LogP contribution is -2.09. The van der Waals surface area contributed by atoms with E-state index < -0.39 is 16.2 Å². The first-order valence-electron chi connectivity index (χ1n) is 2.84. The van der Waals surface area contributed by atoms with Crippen molar-refractivity contribution in [2.45, 2.75) is 19.7 Å². The lowest BCUT2D eigenvalue weighted by molar-refractivity contribution is 0.259. The lowest BCUT2D eigenvalue weighted by Gasteiger charge is -2.06. The summed E-state index contributed by atoms with van der Waals surface area (Å²) in [7, 11) is -3.84.